The van der Waals surface area contributed by atoms with Crippen molar-refractivity contribution in [3.05, 3.63) is 94.5 Å². The number of aryl methyl sites for hydroxylation is 1. The zero-order valence-electron chi connectivity index (χ0n) is 18.2. The predicted octanol–water partition coefficient (Wildman–Crippen LogP) is 9.51. The minimum absolute atomic E-state index is 0.00197. The van der Waals surface area contributed by atoms with Crippen LogP contribution in [-0.4, -0.2) is 0 Å². The molecule has 0 saturated carbocycles. The Hall–Kier alpha value is -2.85. The van der Waals surface area contributed by atoms with E-state index in [-0.39, 0.29) is 16.7 Å². The van der Waals surface area contributed by atoms with Gasteiger partial charge >= 0.3 is 0 Å². The standard InChI is InChI=1S/C28H23ClF4/c1-2-3-4-5-6-17-7-10-22-18(13-17)9-12-23(28(22)33)19-8-11-21(24(30)14-19)20-15-25(31)27(29)26(32)16-20/h7-16H,2-6H2,1H3. The second-order valence-electron chi connectivity index (χ2n) is 8.24. The van der Waals surface area contributed by atoms with Crippen molar-refractivity contribution in [3.8, 4) is 22.3 Å². The molecule has 0 heterocycles. The first-order valence-electron chi connectivity index (χ1n) is 11.0. The van der Waals surface area contributed by atoms with Crippen molar-refractivity contribution in [2.24, 2.45) is 0 Å². The van der Waals surface area contributed by atoms with Crippen molar-refractivity contribution in [2.75, 3.05) is 0 Å². The smallest absolute Gasteiger partial charge is 0.145 e. The van der Waals surface area contributed by atoms with Gasteiger partial charge < -0.3 is 0 Å². The first-order valence-corrected chi connectivity index (χ1v) is 11.4. The highest BCUT2D eigenvalue weighted by molar-refractivity contribution is 6.31. The normalized spacial score (nSPS) is 11.3. The Morgan fingerprint density at radius 3 is 2.06 bits per heavy atom. The Balaban J connectivity index is 1.65. The molecule has 0 fully saturated rings. The molecule has 33 heavy (non-hydrogen) atoms. The Morgan fingerprint density at radius 1 is 0.667 bits per heavy atom. The molecule has 0 saturated heterocycles. The summed E-state index contributed by atoms with van der Waals surface area (Å²) in [6.45, 7) is 2.17. The van der Waals surface area contributed by atoms with Crippen molar-refractivity contribution in [2.45, 2.75) is 39.0 Å². The summed E-state index contributed by atoms with van der Waals surface area (Å²) in [5.74, 6) is -3.09. The molecule has 0 aliphatic carbocycles. The van der Waals surface area contributed by atoms with Crippen LogP contribution in [0.15, 0.2) is 60.7 Å². The van der Waals surface area contributed by atoms with Gasteiger partial charge in [0.2, 0.25) is 0 Å². The number of unbranched alkanes of at least 4 members (excludes halogenated alkanes) is 3. The molecule has 0 aromatic heterocycles. The highest BCUT2D eigenvalue weighted by Crippen LogP contribution is 2.34. The summed E-state index contributed by atoms with van der Waals surface area (Å²) in [6, 6.07) is 15.2. The fourth-order valence-corrected chi connectivity index (χ4v) is 4.21. The summed E-state index contributed by atoms with van der Waals surface area (Å²) in [4.78, 5) is 0. The van der Waals surface area contributed by atoms with E-state index >= 15 is 4.39 Å². The van der Waals surface area contributed by atoms with Gasteiger partial charge in [0.25, 0.3) is 0 Å². The zero-order valence-corrected chi connectivity index (χ0v) is 19.0. The number of rotatable bonds is 7. The van der Waals surface area contributed by atoms with Gasteiger partial charge in [0.1, 0.15) is 28.3 Å². The van der Waals surface area contributed by atoms with Gasteiger partial charge in [0.05, 0.1) is 0 Å². The third kappa shape index (κ3) is 4.91. The van der Waals surface area contributed by atoms with Gasteiger partial charge in [-0.25, -0.2) is 17.6 Å². The monoisotopic (exact) mass is 470 g/mol. The van der Waals surface area contributed by atoms with Crippen LogP contribution in [0, 0.1) is 23.3 Å². The second kappa shape index (κ2) is 9.96. The minimum atomic E-state index is -0.972. The SMILES string of the molecule is CCCCCCc1ccc2c(F)c(-c3ccc(-c4cc(F)c(Cl)c(F)c4)c(F)c3)ccc2c1. The molecule has 4 rings (SSSR count). The molecule has 0 radical (unpaired) electrons. The van der Waals surface area contributed by atoms with E-state index in [0.717, 1.165) is 30.4 Å². The van der Waals surface area contributed by atoms with Crippen LogP contribution < -0.4 is 0 Å². The molecule has 4 aromatic rings. The van der Waals surface area contributed by atoms with Crippen LogP contribution in [0.5, 0.6) is 0 Å². The van der Waals surface area contributed by atoms with Gasteiger partial charge in [0, 0.05) is 16.5 Å². The number of hydrogen-bond acceptors (Lipinski definition) is 0. The summed E-state index contributed by atoms with van der Waals surface area (Å²) < 4.78 is 57.7. The Morgan fingerprint density at radius 2 is 1.36 bits per heavy atom. The molecule has 0 spiro atoms. The largest absolute Gasteiger partial charge is 0.206 e. The molecule has 4 aromatic carbocycles. The third-order valence-corrected chi connectivity index (χ3v) is 6.27. The van der Waals surface area contributed by atoms with Crippen LogP contribution >= 0.6 is 11.6 Å². The Kier molecular flexibility index (Phi) is 7.04. The number of halogens is 5. The predicted molar refractivity (Wildman–Crippen MR) is 128 cm³/mol. The van der Waals surface area contributed by atoms with Gasteiger partial charge in [-0.15, -0.1) is 0 Å². The van der Waals surface area contributed by atoms with Crippen LogP contribution in [0.4, 0.5) is 17.6 Å². The van der Waals surface area contributed by atoms with Gasteiger partial charge in [0.15, 0.2) is 0 Å². The topological polar surface area (TPSA) is 0 Å². The van der Waals surface area contributed by atoms with Crippen molar-refractivity contribution >= 4 is 22.4 Å². The van der Waals surface area contributed by atoms with Crippen LogP contribution in [0.1, 0.15) is 38.2 Å². The average molecular weight is 471 g/mol. The van der Waals surface area contributed by atoms with E-state index in [4.69, 9.17) is 11.6 Å². The molecular weight excluding hydrogens is 448 g/mol. The van der Waals surface area contributed by atoms with Crippen LogP contribution in [0.25, 0.3) is 33.0 Å². The molecule has 5 heteroatoms. The second-order valence-corrected chi connectivity index (χ2v) is 8.62. The average Bonchev–Trinajstić information content (AvgIpc) is 2.80. The van der Waals surface area contributed by atoms with E-state index in [0.29, 0.717) is 10.9 Å². The Bertz CT molecular complexity index is 1290. The van der Waals surface area contributed by atoms with Gasteiger partial charge in [-0.05, 0) is 53.1 Å². The van der Waals surface area contributed by atoms with Crippen LogP contribution in [-0.2, 0) is 6.42 Å². The summed E-state index contributed by atoms with van der Waals surface area (Å²) in [7, 11) is 0. The van der Waals surface area contributed by atoms with E-state index in [1.54, 1.807) is 12.1 Å². The van der Waals surface area contributed by atoms with E-state index in [2.05, 4.69) is 6.92 Å². The molecule has 0 aliphatic rings. The quantitative estimate of drug-likeness (QED) is 0.143. The molecule has 0 atom stereocenters. The maximum atomic E-state index is 15.3. The maximum Gasteiger partial charge on any atom is 0.145 e. The summed E-state index contributed by atoms with van der Waals surface area (Å²) in [5.41, 5.74) is 1.79. The first-order chi connectivity index (χ1) is 15.9. The molecule has 0 amide bonds. The molecule has 0 unspecified atom stereocenters. The van der Waals surface area contributed by atoms with E-state index in [1.165, 1.54) is 43.0 Å². The lowest BCUT2D eigenvalue weighted by Crippen LogP contribution is -1.93. The fourth-order valence-electron chi connectivity index (χ4n) is 4.10. The zero-order chi connectivity index (χ0) is 23.5. The van der Waals surface area contributed by atoms with Gasteiger partial charge in [-0.3, -0.25) is 0 Å². The highest BCUT2D eigenvalue weighted by Gasteiger charge is 2.15. The number of benzene rings is 4. The highest BCUT2D eigenvalue weighted by atomic mass is 35.5. The van der Waals surface area contributed by atoms with E-state index < -0.39 is 28.3 Å². The lowest BCUT2D eigenvalue weighted by molar-refractivity contribution is 0.584. The molecule has 170 valence electrons. The van der Waals surface area contributed by atoms with Crippen molar-refractivity contribution in [1.29, 1.82) is 0 Å². The van der Waals surface area contributed by atoms with Crippen LogP contribution in [0.2, 0.25) is 5.02 Å². The molecule has 0 N–H and O–H groups in total. The van der Waals surface area contributed by atoms with E-state index in [1.807, 2.05) is 18.2 Å². The van der Waals surface area contributed by atoms with Crippen LogP contribution in [0.3, 0.4) is 0 Å². The molecule has 0 aliphatic heterocycles. The maximum absolute atomic E-state index is 15.3. The van der Waals surface area contributed by atoms with Crippen molar-refractivity contribution < 1.29 is 17.6 Å². The summed E-state index contributed by atoms with van der Waals surface area (Å²) in [5, 5.41) is 0.628. The molecular formula is C28H23ClF4. The first kappa shape index (κ1) is 23.3. The fraction of sp³-hybridized carbons (Fsp3) is 0.214. The van der Waals surface area contributed by atoms with Crippen molar-refractivity contribution in [3.63, 3.8) is 0 Å². The molecule has 0 bridgehead atoms. The van der Waals surface area contributed by atoms with E-state index in [9.17, 15) is 13.2 Å². The number of hydrogen-bond donors (Lipinski definition) is 0. The minimum Gasteiger partial charge on any atom is -0.206 e. The summed E-state index contributed by atoms with van der Waals surface area (Å²) >= 11 is 5.51. The van der Waals surface area contributed by atoms with Crippen molar-refractivity contribution in [1.82, 2.24) is 0 Å². The summed E-state index contributed by atoms with van der Waals surface area (Å²) in [6.07, 6.45) is 5.63. The Labute approximate surface area is 195 Å². The lowest BCUT2D eigenvalue weighted by atomic mass is 9.95. The van der Waals surface area contributed by atoms with Gasteiger partial charge in [-0.1, -0.05) is 80.3 Å². The van der Waals surface area contributed by atoms with Gasteiger partial charge in [-0.2, -0.15) is 0 Å². The third-order valence-electron chi connectivity index (χ3n) is 5.91. The lowest BCUT2D eigenvalue weighted by Gasteiger charge is -2.11. The number of fused-ring (bicyclic) bond motifs is 1. The molecule has 0 nitrogen and oxygen atoms in total.